The maximum Gasteiger partial charge on any atom is -0.00157 e. The van der Waals surface area contributed by atoms with Gasteiger partial charge < -0.3 is 10.6 Å². The normalized spacial score (nSPS) is 20.0. The number of nitrogens with zero attached hydrogens (tertiary/aromatic N) is 1. The Morgan fingerprint density at radius 3 is 2.08 bits per heavy atom. The van der Waals surface area contributed by atoms with Gasteiger partial charge in [-0.15, -0.1) is 0 Å². The first kappa shape index (κ1) is 11.9. The Labute approximate surface area is 77.1 Å². The third-order valence-corrected chi connectivity index (χ3v) is 2.49. The maximum atomic E-state index is 5.57. The Bertz CT molecular complexity index is 73.8. The number of rotatable bonds is 2. The third kappa shape index (κ3) is 4.07. The lowest BCUT2D eigenvalue weighted by molar-refractivity contribution is 0.196. The number of likely N-dealkylation sites (tertiary alicyclic amines) is 1. The molecule has 0 aliphatic carbocycles. The zero-order valence-corrected chi connectivity index (χ0v) is 8.84. The number of hydrogen-bond donors (Lipinski definition) is 1. The Morgan fingerprint density at radius 2 is 1.75 bits per heavy atom. The van der Waals surface area contributed by atoms with E-state index in [-0.39, 0.29) is 0 Å². The highest BCUT2D eigenvalue weighted by Gasteiger charge is 2.15. The minimum Gasteiger partial charge on any atom is -0.330 e. The van der Waals surface area contributed by atoms with Crippen LogP contribution in [0.25, 0.3) is 0 Å². The van der Waals surface area contributed by atoms with Crippen LogP contribution in [-0.2, 0) is 0 Å². The highest BCUT2D eigenvalue weighted by Crippen LogP contribution is 2.14. The minimum atomic E-state index is 0.808. The quantitative estimate of drug-likeness (QED) is 0.687. The van der Waals surface area contributed by atoms with Gasteiger partial charge in [0.2, 0.25) is 0 Å². The van der Waals surface area contributed by atoms with Gasteiger partial charge in [0, 0.05) is 0 Å². The van der Waals surface area contributed by atoms with Crippen LogP contribution in [-0.4, -0.2) is 31.1 Å². The van der Waals surface area contributed by atoms with E-state index in [1.54, 1.807) is 0 Å². The van der Waals surface area contributed by atoms with Crippen molar-refractivity contribution >= 4 is 0 Å². The highest BCUT2D eigenvalue weighted by atomic mass is 15.1. The van der Waals surface area contributed by atoms with Crippen LogP contribution in [0.15, 0.2) is 0 Å². The Morgan fingerprint density at radius 1 is 1.25 bits per heavy atom. The molecular weight excluding hydrogens is 148 g/mol. The summed E-state index contributed by atoms with van der Waals surface area (Å²) in [5.41, 5.74) is 5.57. The van der Waals surface area contributed by atoms with Crippen molar-refractivity contribution in [3.05, 3.63) is 0 Å². The molecule has 0 amide bonds. The number of hydrogen-bond acceptors (Lipinski definition) is 2. The topological polar surface area (TPSA) is 29.3 Å². The number of piperidine rings is 1. The molecule has 2 N–H and O–H groups in total. The van der Waals surface area contributed by atoms with Gasteiger partial charge in [-0.2, -0.15) is 0 Å². The van der Waals surface area contributed by atoms with Crippen LogP contribution >= 0.6 is 0 Å². The van der Waals surface area contributed by atoms with Gasteiger partial charge in [-0.3, -0.25) is 0 Å². The molecule has 1 aliphatic heterocycles. The molecule has 0 aromatic carbocycles. The molecule has 0 bridgehead atoms. The van der Waals surface area contributed by atoms with Gasteiger partial charge in [0.25, 0.3) is 0 Å². The highest BCUT2D eigenvalue weighted by molar-refractivity contribution is 4.71. The second-order valence-corrected chi connectivity index (χ2v) is 3.11. The summed E-state index contributed by atoms with van der Waals surface area (Å²) in [5.74, 6) is 0.808. The molecule has 2 heteroatoms. The second-order valence-electron chi connectivity index (χ2n) is 3.11. The Hall–Kier alpha value is -0.0800. The van der Waals surface area contributed by atoms with Crippen LogP contribution in [0.4, 0.5) is 0 Å². The summed E-state index contributed by atoms with van der Waals surface area (Å²) >= 11 is 0. The largest absolute Gasteiger partial charge is 0.330 e. The van der Waals surface area contributed by atoms with Crippen molar-refractivity contribution in [1.82, 2.24) is 4.90 Å². The summed E-state index contributed by atoms with van der Waals surface area (Å²) in [7, 11) is 0. The van der Waals surface area contributed by atoms with Crippen molar-refractivity contribution in [2.24, 2.45) is 11.7 Å². The van der Waals surface area contributed by atoms with Gasteiger partial charge in [-0.05, 0) is 44.9 Å². The lowest BCUT2D eigenvalue weighted by Gasteiger charge is -2.30. The molecule has 0 atom stereocenters. The molecule has 12 heavy (non-hydrogen) atoms. The van der Waals surface area contributed by atoms with E-state index in [0.29, 0.717) is 0 Å². The van der Waals surface area contributed by atoms with Gasteiger partial charge in [-0.1, -0.05) is 20.8 Å². The molecule has 0 aromatic rings. The van der Waals surface area contributed by atoms with Gasteiger partial charge in [-0.25, -0.2) is 0 Å². The van der Waals surface area contributed by atoms with Crippen LogP contribution in [0.1, 0.15) is 33.6 Å². The summed E-state index contributed by atoms with van der Waals surface area (Å²) in [6.45, 7) is 10.8. The molecule has 1 rings (SSSR count). The predicted octanol–water partition coefficient (Wildman–Crippen LogP) is 1.70. The van der Waals surface area contributed by atoms with Crippen LogP contribution in [0.3, 0.4) is 0 Å². The Kier molecular flexibility index (Phi) is 7.51. The first-order chi connectivity index (χ1) is 5.86. The standard InChI is InChI=1S/C8H18N2.C2H6/c1-2-10-5-3-8(7-9)4-6-10;1-2/h8H,2-7,9H2,1H3;1-2H3. The maximum absolute atomic E-state index is 5.57. The van der Waals surface area contributed by atoms with Crippen LogP contribution < -0.4 is 5.73 Å². The van der Waals surface area contributed by atoms with Crippen molar-refractivity contribution < 1.29 is 0 Å². The van der Waals surface area contributed by atoms with Crippen molar-refractivity contribution in [3.63, 3.8) is 0 Å². The lowest BCUT2D eigenvalue weighted by atomic mass is 9.97. The van der Waals surface area contributed by atoms with Crippen molar-refractivity contribution in [3.8, 4) is 0 Å². The number of nitrogens with two attached hydrogens (primary N) is 1. The van der Waals surface area contributed by atoms with Crippen molar-refractivity contribution in [1.29, 1.82) is 0 Å². The van der Waals surface area contributed by atoms with E-state index in [0.717, 1.165) is 12.5 Å². The molecule has 0 aromatic heterocycles. The van der Waals surface area contributed by atoms with Crippen molar-refractivity contribution in [2.75, 3.05) is 26.2 Å². The third-order valence-electron chi connectivity index (χ3n) is 2.49. The molecule has 0 unspecified atom stereocenters. The molecular formula is C10H24N2. The van der Waals surface area contributed by atoms with Crippen molar-refractivity contribution in [2.45, 2.75) is 33.6 Å². The lowest BCUT2D eigenvalue weighted by Crippen LogP contribution is -2.35. The zero-order chi connectivity index (χ0) is 9.40. The SMILES string of the molecule is CC.CCN1CCC(CN)CC1. The summed E-state index contributed by atoms with van der Waals surface area (Å²) < 4.78 is 0. The zero-order valence-electron chi connectivity index (χ0n) is 8.84. The molecule has 0 radical (unpaired) electrons. The minimum absolute atomic E-state index is 0.808. The average molecular weight is 172 g/mol. The fourth-order valence-electron chi connectivity index (χ4n) is 1.54. The van der Waals surface area contributed by atoms with Gasteiger partial charge >= 0.3 is 0 Å². The molecule has 74 valence electrons. The average Bonchev–Trinajstić information content (AvgIpc) is 2.21. The van der Waals surface area contributed by atoms with Gasteiger partial charge in [0.15, 0.2) is 0 Å². The summed E-state index contributed by atoms with van der Waals surface area (Å²) in [5, 5.41) is 0. The smallest absolute Gasteiger partial charge is 0.00157 e. The fraction of sp³-hybridized carbons (Fsp3) is 1.00. The molecule has 1 saturated heterocycles. The molecule has 1 fully saturated rings. The van der Waals surface area contributed by atoms with E-state index in [1.165, 1.54) is 32.5 Å². The van der Waals surface area contributed by atoms with E-state index in [9.17, 15) is 0 Å². The van der Waals surface area contributed by atoms with Crippen LogP contribution in [0.5, 0.6) is 0 Å². The molecule has 2 nitrogen and oxygen atoms in total. The van der Waals surface area contributed by atoms with Crippen LogP contribution in [0.2, 0.25) is 0 Å². The summed E-state index contributed by atoms with van der Waals surface area (Å²) in [6, 6.07) is 0. The first-order valence-electron chi connectivity index (χ1n) is 5.29. The summed E-state index contributed by atoms with van der Waals surface area (Å²) in [6.07, 6.45) is 2.62. The van der Waals surface area contributed by atoms with E-state index in [4.69, 9.17) is 5.73 Å². The molecule has 0 saturated carbocycles. The van der Waals surface area contributed by atoms with E-state index in [1.807, 2.05) is 13.8 Å². The second kappa shape index (κ2) is 7.56. The molecule has 1 aliphatic rings. The van der Waals surface area contributed by atoms with E-state index in [2.05, 4.69) is 11.8 Å². The van der Waals surface area contributed by atoms with E-state index >= 15 is 0 Å². The Balaban J connectivity index is 0.000000561. The first-order valence-corrected chi connectivity index (χ1v) is 5.29. The molecule has 0 spiro atoms. The molecule has 1 heterocycles. The monoisotopic (exact) mass is 172 g/mol. The van der Waals surface area contributed by atoms with Gasteiger partial charge in [0.1, 0.15) is 0 Å². The van der Waals surface area contributed by atoms with Crippen LogP contribution in [0, 0.1) is 5.92 Å². The van der Waals surface area contributed by atoms with Gasteiger partial charge in [0.05, 0.1) is 0 Å². The van der Waals surface area contributed by atoms with E-state index < -0.39 is 0 Å². The fourth-order valence-corrected chi connectivity index (χ4v) is 1.54. The predicted molar refractivity (Wildman–Crippen MR) is 55.2 cm³/mol. The summed E-state index contributed by atoms with van der Waals surface area (Å²) in [4.78, 5) is 2.49.